The molecule has 3 aromatic rings. The van der Waals surface area contributed by atoms with E-state index in [0.717, 1.165) is 17.7 Å². The summed E-state index contributed by atoms with van der Waals surface area (Å²) in [7, 11) is 0. The minimum Gasteiger partial charge on any atom is -0.449 e. The van der Waals surface area contributed by atoms with Gasteiger partial charge in [-0.05, 0) is 50.1 Å². The predicted molar refractivity (Wildman–Crippen MR) is 114 cm³/mol. The fourth-order valence-corrected chi connectivity index (χ4v) is 4.55. The Hall–Kier alpha value is -2.74. The maximum absolute atomic E-state index is 13.0. The molecule has 4 rings (SSSR count). The summed E-state index contributed by atoms with van der Waals surface area (Å²) >= 11 is 1.51. The van der Waals surface area contributed by atoms with Crippen LogP contribution < -0.4 is 5.32 Å². The van der Waals surface area contributed by atoms with Gasteiger partial charge in [-0.3, -0.25) is 4.79 Å². The molecular weight excluding hydrogens is 402 g/mol. The number of ether oxygens (including phenoxy) is 1. The first-order valence-corrected chi connectivity index (χ1v) is 11.2. The van der Waals surface area contributed by atoms with Gasteiger partial charge in [-0.2, -0.15) is 0 Å². The highest BCUT2D eigenvalue weighted by Crippen LogP contribution is 2.30. The van der Waals surface area contributed by atoms with Crippen molar-refractivity contribution in [2.45, 2.75) is 52.1 Å². The Bertz CT molecular complexity index is 1040. The van der Waals surface area contributed by atoms with Crippen LogP contribution in [0.3, 0.4) is 0 Å². The third-order valence-electron chi connectivity index (χ3n) is 5.55. The highest BCUT2D eigenvalue weighted by atomic mass is 32.1. The highest BCUT2D eigenvalue weighted by Gasteiger charge is 2.25. The monoisotopic (exact) mass is 427 g/mol. The highest BCUT2D eigenvalue weighted by molar-refractivity contribution is 7.13. The minimum atomic E-state index is -0.894. The molecule has 0 radical (unpaired) electrons. The van der Waals surface area contributed by atoms with Crippen LogP contribution in [0.25, 0.3) is 21.7 Å². The molecule has 1 unspecified atom stereocenters. The molecule has 3 heterocycles. The molecule has 158 valence electrons. The molecular formula is C22H25N3O4S. The SMILES string of the molecule is Cc1noc2nc(-c3cccs3)cc(C(=O)OC(C)C(=O)NCC3CCCCC3)c12. The van der Waals surface area contributed by atoms with Gasteiger partial charge in [0.1, 0.15) is 0 Å². The average Bonchev–Trinajstić information content (AvgIpc) is 3.42. The number of aryl methyl sites for hydroxylation is 1. The van der Waals surface area contributed by atoms with Gasteiger partial charge in [0.15, 0.2) is 6.10 Å². The van der Waals surface area contributed by atoms with Crippen molar-refractivity contribution in [3.63, 3.8) is 0 Å². The number of carbonyl (C=O) groups is 2. The Labute approximate surface area is 178 Å². The van der Waals surface area contributed by atoms with Gasteiger partial charge >= 0.3 is 5.97 Å². The van der Waals surface area contributed by atoms with E-state index in [-0.39, 0.29) is 11.6 Å². The Balaban J connectivity index is 1.49. The molecule has 0 saturated heterocycles. The third kappa shape index (κ3) is 4.38. The van der Waals surface area contributed by atoms with E-state index >= 15 is 0 Å². The number of thiophene rings is 1. The molecule has 0 aliphatic heterocycles. The van der Waals surface area contributed by atoms with E-state index in [4.69, 9.17) is 9.26 Å². The molecule has 7 nitrogen and oxygen atoms in total. The Morgan fingerprint density at radius 1 is 1.33 bits per heavy atom. The normalized spacial score (nSPS) is 15.8. The summed E-state index contributed by atoms with van der Waals surface area (Å²) in [6.07, 6.45) is 5.09. The van der Waals surface area contributed by atoms with Gasteiger partial charge in [-0.15, -0.1) is 11.3 Å². The van der Waals surface area contributed by atoms with Gasteiger partial charge in [0.25, 0.3) is 11.6 Å². The van der Waals surface area contributed by atoms with Crippen LogP contribution in [0.5, 0.6) is 0 Å². The molecule has 1 N–H and O–H groups in total. The quantitative estimate of drug-likeness (QED) is 0.582. The van der Waals surface area contributed by atoms with E-state index in [1.165, 1.54) is 30.6 Å². The average molecular weight is 428 g/mol. The van der Waals surface area contributed by atoms with Crippen LogP contribution >= 0.6 is 11.3 Å². The lowest BCUT2D eigenvalue weighted by Gasteiger charge is -2.22. The second kappa shape index (κ2) is 8.95. The van der Waals surface area contributed by atoms with Gasteiger partial charge in [0.05, 0.1) is 27.2 Å². The van der Waals surface area contributed by atoms with Gasteiger partial charge in [-0.1, -0.05) is 30.5 Å². The topological polar surface area (TPSA) is 94.3 Å². The lowest BCUT2D eigenvalue weighted by atomic mass is 9.89. The van der Waals surface area contributed by atoms with E-state index in [9.17, 15) is 9.59 Å². The van der Waals surface area contributed by atoms with Crippen molar-refractivity contribution in [2.24, 2.45) is 5.92 Å². The lowest BCUT2D eigenvalue weighted by molar-refractivity contribution is -0.129. The zero-order chi connectivity index (χ0) is 21.1. The zero-order valence-corrected chi connectivity index (χ0v) is 18.0. The van der Waals surface area contributed by atoms with Crippen molar-refractivity contribution in [3.05, 3.63) is 34.8 Å². The largest absolute Gasteiger partial charge is 0.449 e. The van der Waals surface area contributed by atoms with E-state index in [1.54, 1.807) is 19.9 Å². The summed E-state index contributed by atoms with van der Waals surface area (Å²) in [4.78, 5) is 30.8. The van der Waals surface area contributed by atoms with Gasteiger partial charge in [0, 0.05) is 6.54 Å². The Kier molecular flexibility index (Phi) is 6.13. The fourth-order valence-electron chi connectivity index (χ4n) is 3.86. The number of nitrogens with zero attached hydrogens (tertiary/aromatic N) is 2. The standard InChI is InChI=1S/C22H25N3O4S/c1-13-19-16(11-17(18-9-6-10-30-18)24-21(19)29-25-13)22(27)28-14(2)20(26)23-12-15-7-4-3-5-8-15/h6,9-11,14-15H,3-5,7-8,12H2,1-2H3,(H,23,26). The van der Waals surface area contributed by atoms with Crippen molar-refractivity contribution in [1.82, 2.24) is 15.5 Å². The molecule has 1 aliphatic carbocycles. The zero-order valence-electron chi connectivity index (χ0n) is 17.1. The van der Waals surface area contributed by atoms with Crippen LogP contribution in [0.1, 0.15) is 55.1 Å². The summed E-state index contributed by atoms with van der Waals surface area (Å²) in [5, 5.41) is 9.31. The van der Waals surface area contributed by atoms with Crippen molar-refractivity contribution < 1.29 is 18.8 Å². The summed E-state index contributed by atoms with van der Waals surface area (Å²) < 4.78 is 10.8. The third-order valence-corrected chi connectivity index (χ3v) is 6.45. The number of amides is 1. The molecule has 30 heavy (non-hydrogen) atoms. The number of carbonyl (C=O) groups excluding carboxylic acids is 2. The van der Waals surface area contributed by atoms with Gasteiger partial charge in [0.2, 0.25) is 0 Å². The van der Waals surface area contributed by atoms with Crippen LogP contribution in [0.2, 0.25) is 0 Å². The summed E-state index contributed by atoms with van der Waals surface area (Å²) in [6, 6.07) is 5.50. The number of rotatable bonds is 6. The maximum atomic E-state index is 13.0. The number of nitrogens with one attached hydrogen (secondary N) is 1. The van der Waals surface area contributed by atoms with E-state index < -0.39 is 12.1 Å². The summed E-state index contributed by atoms with van der Waals surface area (Å²) in [5.41, 5.74) is 1.74. The van der Waals surface area contributed by atoms with E-state index in [1.807, 2.05) is 17.5 Å². The second-order valence-electron chi connectivity index (χ2n) is 7.78. The Morgan fingerprint density at radius 2 is 2.13 bits per heavy atom. The number of hydrogen-bond donors (Lipinski definition) is 1. The molecule has 3 aromatic heterocycles. The fraction of sp³-hybridized carbons (Fsp3) is 0.455. The molecule has 1 aliphatic rings. The number of pyridine rings is 1. The molecule has 0 aromatic carbocycles. The lowest BCUT2D eigenvalue weighted by Crippen LogP contribution is -2.38. The minimum absolute atomic E-state index is 0.278. The first-order chi connectivity index (χ1) is 14.5. The van der Waals surface area contributed by atoms with Crippen LogP contribution in [-0.2, 0) is 9.53 Å². The Morgan fingerprint density at radius 3 is 2.87 bits per heavy atom. The molecule has 0 spiro atoms. The smallest absolute Gasteiger partial charge is 0.339 e. The first kappa shape index (κ1) is 20.5. The second-order valence-corrected chi connectivity index (χ2v) is 8.72. The number of fused-ring (bicyclic) bond motifs is 1. The molecule has 1 atom stereocenters. The van der Waals surface area contributed by atoms with Crippen molar-refractivity contribution in [2.75, 3.05) is 6.54 Å². The van der Waals surface area contributed by atoms with E-state index in [0.29, 0.717) is 34.8 Å². The first-order valence-electron chi connectivity index (χ1n) is 10.3. The van der Waals surface area contributed by atoms with Gasteiger partial charge in [-0.25, -0.2) is 9.78 Å². The number of hydrogen-bond acceptors (Lipinski definition) is 7. The van der Waals surface area contributed by atoms with Crippen LogP contribution in [0.4, 0.5) is 0 Å². The number of aromatic nitrogens is 2. The van der Waals surface area contributed by atoms with E-state index in [2.05, 4.69) is 15.5 Å². The predicted octanol–water partition coefficient (Wildman–Crippen LogP) is 4.50. The van der Waals surface area contributed by atoms with Crippen molar-refractivity contribution in [3.8, 4) is 10.6 Å². The van der Waals surface area contributed by atoms with Gasteiger partial charge < -0.3 is 14.6 Å². The summed E-state index contributed by atoms with van der Waals surface area (Å²) in [6.45, 7) is 3.97. The molecule has 0 bridgehead atoms. The molecule has 1 amide bonds. The van der Waals surface area contributed by atoms with Crippen molar-refractivity contribution in [1.29, 1.82) is 0 Å². The van der Waals surface area contributed by atoms with Crippen LogP contribution in [-0.4, -0.2) is 34.7 Å². The van der Waals surface area contributed by atoms with Crippen LogP contribution in [0.15, 0.2) is 28.1 Å². The number of esters is 1. The molecule has 1 saturated carbocycles. The molecule has 8 heteroatoms. The maximum Gasteiger partial charge on any atom is 0.339 e. The van der Waals surface area contributed by atoms with Crippen molar-refractivity contribution >= 4 is 34.3 Å². The summed E-state index contributed by atoms with van der Waals surface area (Å²) in [5.74, 6) is -0.356. The van der Waals surface area contributed by atoms with Crippen LogP contribution in [0, 0.1) is 12.8 Å². The molecule has 1 fully saturated rings.